The number of halogens is 1. The molecule has 0 unspecified atom stereocenters. The molecule has 146 valence electrons. The summed E-state index contributed by atoms with van der Waals surface area (Å²) >= 11 is 0. The van der Waals surface area contributed by atoms with Gasteiger partial charge in [-0.3, -0.25) is 4.90 Å². The molecule has 0 radical (unpaired) electrons. The van der Waals surface area contributed by atoms with E-state index in [4.69, 9.17) is 0 Å². The van der Waals surface area contributed by atoms with Gasteiger partial charge in [-0.15, -0.1) is 5.10 Å². The fourth-order valence-corrected chi connectivity index (χ4v) is 4.21. The minimum absolute atomic E-state index is 0.163. The van der Waals surface area contributed by atoms with E-state index in [0.29, 0.717) is 6.04 Å². The number of nitrogens with zero attached hydrogens (tertiary/aromatic N) is 4. The first-order valence-corrected chi connectivity index (χ1v) is 9.95. The Morgan fingerprint density at radius 3 is 2.46 bits per heavy atom. The van der Waals surface area contributed by atoms with Crippen LogP contribution in [-0.4, -0.2) is 41.3 Å². The molecule has 5 heteroatoms. The van der Waals surface area contributed by atoms with Crippen LogP contribution in [0.4, 0.5) is 10.2 Å². The third-order valence-corrected chi connectivity index (χ3v) is 5.96. The lowest BCUT2D eigenvalue weighted by Crippen LogP contribution is -2.43. The van der Waals surface area contributed by atoms with Crippen molar-refractivity contribution < 1.29 is 4.39 Å². The molecule has 0 aliphatic carbocycles. The zero-order valence-corrected chi connectivity index (χ0v) is 16.8. The van der Waals surface area contributed by atoms with Crippen LogP contribution in [0.25, 0.3) is 10.8 Å². The number of hydrogen-bond donors (Lipinski definition) is 0. The summed E-state index contributed by atoms with van der Waals surface area (Å²) in [7, 11) is 2.17. The van der Waals surface area contributed by atoms with Crippen molar-refractivity contribution in [3.63, 3.8) is 0 Å². The SMILES string of the molecule is Cc1cc(F)ccc1CN(C)C1CCN(c2nnc(C)c3ccccc23)CC1. The van der Waals surface area contributed by atoms with Gasteiger partial charge in [0.15, 0.2) is 5.82 Å². The Labute approximate surface area is 166 Å². The molecule has 0 amide bonds. The van der Waals surface area contributed by atoms with Crippen molar-refractivity contribution in [3.05, 3.63) is 65.1 Å². The van der Waals surface area contributed by atoms with Crippen LogP contribution in [0.2, 0.25) is 0 Å². The Hall–Kier alpha value is -2.53. The third kappa shape index (κ3) is 3.72. The molecule has 4 rings (SSSR count). The van der Waals surface area contributed by atoms with Crippen LogP contribution in [0.15, 0.2) is 42.5 Å². The van der Waals surface area contributed by atoms with E-state index in [2.05, 4.69) is 51.3 Å². The molecule has 2 heterocycles. The van der Waals surface area contributed by atoms with Gasteiger partial charge >= 0.3 is 0 Å². The fourth-order valence-electron chi connectivity index (χ4n) is 4.21. The zero-order valence-electron chi connectivity index (χ0n) is 16.8. The third-order valence-electron chi connectivity index (χ3n) is 5.96. The molecule has 1 aromatic heterocycles. The average Bonchev–Trinajstić information content (AvgIpc) is 2.71. The molecule has 4 nitrogen and oxygen atoms in total. The van der Waals surface area contributed by atoms with Gasteiger partial charge in [-0.25, -0.2) is 4.39 Å². The Kier molecular flexibility index (Phi) is 5.27. The number of piperidine rings is 1. The van der Waals surface area contributed by atoms with Gasteiger partial charge in [0.1, 0.15) is 5.82 Å². The van der Waals surface area contributed by atoms with Crippen LogP contribution >= 0.6 is 0 Å². The van der Waals surface area contributed by atoms with Crippen LogP contribution in [0.3, 0.4) is 0 Å². The number of hydrogen-bond acceptors (Lipinski definition) is 4. The van der Waals surface area contributed by atoms with Crippen LogP contribution in [-0.2, 0) is 6.54 Å². The quantitative estimate of drug-likeness (QED) is 0.670. The van der Waals surface area contributed by atoms with Crippen LogP contribution in [0.5, 0.6) is 0 Å². The van der Waals surface area contributed by atoms with E-state index in [1.54, 1.807) is 12.1 Å². The molecule has 0 N–H and O–H groups in total. The second kappa shape index (κ2) is 7.84. The lowest BCUT2D eigenvalue weighted by molar-refractivity contribution is 0.200. The van der Waals surface area contributed by atoms with E-state index in [1.807, 2.05) is 19.9 Å². The van der Waals surface area contributed by atoms with E-state index in [1.165, 1.54) is 16.3 Å². The molecule has 28 heavy (non-hydrogen) atoms. The first-order chi connectivity index (χ1) is 13.5. The summed E-state index contributed by atoms with van der Waals surface area (Å²) in [6.07, 6.45) is 2.17. The predicted molar refractivity (Wildman–Crippen MR) is 112 cm³/mol. The van der Waals surface area contributed by atoms with E-state index in [0.717, 1.165) is 49.6 Å². The molecular weight excluding hydrogens is 351 g/mol. The lowest BCUT2D eigenvalue weighted by Gasteiger charge is -2.37. The second-order valence-electron chi connectivity index (χ2n) is 7.86. The van der Waals surface area contributed by atoms with Gasteiger partial charge in [-0.1, -0.05) is 30.3 Å². The zero-order chi connectivity index (χ0) is 19.7. The van der Waals surface area contributed by atoms with Crippen molar-refractivity contribution in [2.75, 3.05) is 25.0 Å². The molecule has 0 saturated carbocycles. The number of aryl methyl sites for hydroxylation is 2. The van der Waals surface area contributed by atoms with E-state index < -0.39 is 0 Å². The normalized spacial score (nSPS) is 15.5. The fraction of sp³-hybridized carbons (Fsp3) is 0.391. The molecule has 0 atom stereocenters. The number of anilines is 1. The Bertz CT molecular complexity index is 979. The van der Waals surface area contributed by atoms with Crippen molar-refractivity contribution in [2.24, 2.45) is 0 Å². The first kappa shape index (κ1) is 18.8. The largest absolute Gasteiger partial charge is 0.354 e. The topological polar surface area (TPSA) is 32.3 Å². The maximum Gasteiger partial charge on any atom is 0.159 e. The maximum absolute atomic E-state index is 13.3. The van der Waals surface area contributed by atoms with Gasteiger partial charge in [0.25, 0.3) is 0 Å². The molecule has 0 bridgehead atoms. The number of aromatic nitrogens is 2. The van der Waals surface area contributed by atoms with Crippen molar-refractivity contribution in [1.82, 2.24) is 15.1 Å². The number of rotatable bonds is 4. The molecule has 1 aliphatic heterocycles. The average molecular weight is 378 g/mol. The van der Waals surface area contributed by atoms with E-state index >= 15 is 0 Å². The molecule has 1 saturated heterocycles. The van der Waals surface area contributed by atoms with Crippen molar-refractivity contribution in [3.8, 4) is 0 Å². The van der Waals surface area contributed by atoms with Crippen LogP contribution in [0, 0.1) is 19.7 Å². The van der Waals surface area contributed by atoms with Crippen molar-refractivity contribution in [1.29, 1.82) is 0 Å². The van der Waals surface area contributed by atoms with Crippen molar-refractivity contribution in [2.45, 2.75) is 39.3 Å². The Balaban J connectivity index is 1.44. The van der Waals surface area contributed by atoms with Gasteiger partial charge < -0.3 is 4.90 Å². The Morgan fingerprint density at radius 2 is 1.75 bits per heavy atom. The van der Waals surface area contributed by atoms with Gasteiger partial charge in [0.2, 0.25) is 0 Å². The lowest BCUT2D eigenvalue weighted by atomic mass is 10.0. The summed E-state index contributed by atoms with van der Waals surface area (Å²) < 4.78 is 13.3. The highest BCUT2D eigenvalue weighted by molar-refractivity contribution is 5.93. The molecule has 1 fully saturated rings. The summed E-state index contributed by atoms with van der Waals surface area (Å²) in [5.41, 5.74) is 3.19. The van der Waals surface area contributed by atoms with Crippen LogP contribution < -0.4 is 4.90 Å². The minimum Gasteiger partial charge on any atom is -0.354 e. The summed E-state index contributed by atoms with van der Waals surface area (Å²) in [5.74, 6) is 0.834. The Morgan fingerprint density at radius 1 is 1.04 bits per heavy atom. The molecular formula is C23H27FN4. The number of benzene rings is 2. The summed E-state index contributed by atoms with van der Waals surface area (Å²) in [6, 6.07) is 14.0. The number of fused-ring (bicyclic) bond motifs is 1. The molecule has 1 aliphatic rings. The standard InChI is InChI=1S/C23H27FN4/c1-16-14-19(24)9-8-18(16)15-27(3)20-10-12-28(13-11-20)23-22-7-5-4-6-21(22)17(2)25-26-23/h4-9,14,20H,10-13,15H2,1-3H3. The first-order valence-electron chi connectivity index (χ1n) is 9.95. The second-order valence-corrected chi connectivity index (χ2v) is 7.86. The minimum atomic E-state index is -0.163. The van der Waals surface area contributed by atoms with Crippen LogP contribution in [0.1, 0.15) is 29.7 Å². The van der Waals surface area contributed by atoms with Gasteiger partial charge in [-0.05, 0) is 57.0 Å². The van der Waals surface area contributed by atoms with Gasteiger partial charge in [-0.2, -0.15) is 5.10 Å². The highest BCUT2D eigenvalue weighted by Crippen LogP contribution is 2.28. The predicted octanol–water partition coefficient (Wildman–Crippen LogP) is 4.49. The summed E-state index contributed by atoms with van der Waals surface area (Å²) in [6.45, 7) is 6.79. The summed E-state index contributed by atoms with van der Waals surface area (Å²) in [4.78, 5) is 4.76. The van der Waals surface area contributed by atoms with Gasteiger partial charge in [0.05, 0.1) is 5.69 Å². The van der Waals surface area contributed by atoms with E-state index in [9.17, 15) is 4.39 Å². The highest BCUT2D eigenvalue weighted by atomic mass is 19.1. The highest BCUT2D eigenvalue weighted by Gasteiger charge is 2.25. The van der Waals surface area contributed by atoms with Gasteiger partial charge in [0, 0.05) is 36.4 Å². The summed E-state index contributed by atoms with van der Waals surface area (Å²) in [5, 5.41) is 11.3. The smallest absolute Gasteiger partial charge is 0.159 e. The molecule has 0 spiro atoms. The maximum atomic E-state index is 13.3. The monoisotopic (exact) mass is 378 g/mol. The molecule has 2 aromatic carbocycles. The molecule has 3 aromatic rings. The van der Waals surface area contributed by atoms with E-state index in [-0.39, 0.29) is 5.82 Å². The van der Waals surface area contributed by atoms with Crippen molar-refractivity contribution >= 4 is 16.6 Å².